The summed E-state index contributed by atoms with van der Waals surface area (Å²) >= 11 is 0. The predicted octanol–water partition coefficient (Wildman–Crippen LogP) is 6.53. The molecule has 0 bridgehead atoms. The lowest BCUT2D eigenvalue weighted by molar-refractivity contribution is 0.466. The lowest BCUT2D eigenvalue weighted by Gasteiger charge is -2.12. The number of rotatable bonds is 2. The minimum atomic E-state index is 0.414. The monoisotopic (exact) mass is 376 g/mol. The number of para-hydroxylation sites is 1. The van der Waals surface area contributed by atoms with Gasteiger partial charge in [0.2, 0.25) is 0 Å². The van der Waals surface area contributed by atoms with Crippen LogP contribution in [-0.2, 0) is 6.42 Å². The first-order valence-corrected chi connectivity index (χ1v) is 9.71. The van der Waals surface area contributed by atoms with Crippen molar-refractivity contribution in [2.24, 2.45) is 0 Å². The van der Waals surface area contributed by atoms with Gasteiger partial charge in [-0.25, -0.2) is 0 Å². The molecule has 3 aromatic rings. The fraction of sp³-hybridized carbons (Fsp3) is 0.308. The second kappa shape index (κ2) is 8.97. The number of aryl methyl sites for hydroxylation is 7. The van der Waals surface area contributed by atoms with E-state index >= 15 is 0 Å². The molecule has 0 aliphatic carbocycles. The molecule has 0 saturated carbocycles. The zero-order chi connectivity index (χ0) is 21.0. The van der Waals surface area contributed by atoms with Crippen LogP contribution in [-0.4, -0.2) is 10.2 Å². The van der Waals surface area contributed by atoms with Crippen LogP contribution in [0.1, 0.15) is 50.1 Å². The molecule has 0 aliphatic heterocycles. The maximum Gasteiger partial charge on any atom is 0.121 e. The van der Waals surface area contributed by atoms with Crippen LogP contribution in [0.25, 0.3) is 0 Å². The summed E-state index contributed by atoms with van der Waals surface area (Å²) in [7, 11) is 0. The Balaban J connectivity index is 0.000000261. The second-order valence-electron chi connectivity index (χ2n) is 7.86. The van der Waals surface area contributed by atoms with E-state index in [1.807, 2.05) is 45.9 Å². The van der Waals surface area contributed by atoms with E-state index in [1.54, 1.807) is 0 Å². The van der Waals surface area contributed by atoms with Crippen LogP contribution in [0.3, 0.4) is 0 Å². The number of hydrogen-bond donors (Lipinski definition) is 2. The van der Waals surface area contributed by atoms with Crippen LogP contribution < -0.4 is 0 Å². The Kier molecular flexibility index (Phi) is 6.90. The van der Waals surface area contributed by atoms with Crippen LogP contribution in [0.2, 0.25) is 0 Å². The molecule has 28 heavy (non-hydrogen) atoms. The van der Waals surface area contributed by atoms with Crippen molar-refractivity contribution in [3.63, 3.8) is 0 Å². The summed E-state index contributed by atoms with van der Waals surface area (Å²) in [6, 6.07) is 14.4. The molecule has 0 fully saturated rings. The van der Waals surface area contributed by atoms with Crippen molar-refractivity contribution >= 4 is 0 Å². The van der Waals surface area contributed by atoms with Crippen LogP contribution in [0.5, 0.6) is 11.5 Å². The second-order valence-corrected chi connectivity index (χ2v) is 7.86. The van der Waals surface area contributed by atoms with Crippen molar-refractivity contribution in [2.45, 2.75) is 54.9 Å². The SMILES string of the molecule is Cc1cc(C)c(Cc2cc(C)c(O)c(C)c2)cc1C.Cc1cccc(C)c1O. The number of benzene rings is 3. The third-order valence-corrected chi connectivity index (χ3v) is 5.34. The van der Waals surface area contributed by atoms with Crippen molar-refractivity contribution < 1.29 is 10.2 Å². The Bertz CT molecular complexity index is 941. The molecule has 2 heteroatoms. The third-order valence-electron chi connectivity index (χ3n) is 5.34. The molecule has 0 amide bonds. The highest BCUT2D eigenvalue weighted by Crippen LogP contribution is 2.26. The van der Waals surface area contributed by atoms with E-state index in [2.05, 4.69) is 45.0 Å². The van der Waals surface area contributed by atoms with E-state index in [0.717, 1.165) is 28.7 Å². The summed E-state index contributed by atoms with van der Waals surface area (Å²) in [6.07, 6.45) is 0.926. The van der Waals surface area contributed by atoms with Gasteiger partial charge < -0.3 is 10.2 Å². The summed E-state index contributed by atoms with van der Waals surface area (Å²) in [5, 5.41) is 19.0. The summed E-state index contributed by atoms with van der Waals surface area (Å²) < 4.78 is 0. The molecule has 0 aromatic heterocycles. The number of aromatic hydroxyl groups is 2. The maximum absolute atomic E-state index is 9.83. The minimum Gasteiger partial charge on any atom is -0.507 e. The maximum atomic E-state index is 9.83. The van der Waals surface area contributed by atoms with E-state index in [4.69, 9.17) is 0 Å². The topological polar surface area (TPSA) is 40.5 Å². The quantitative estimate of drug-likeness (QED) is 0.533. The molecule has 2 N–H and O–H groups in total. The molecule has 0 heterocycles. The minimum absolute atomic E-state index is 0.414. The Morgan fingerprint density at radius 2 is 1.00 bits per heavy atom. The average Bonchev–Trinajstić information content (AvgIpc) is 2.62. The molecule has 3 aromatic carbocycles. The molecule has 0 saturated heterocycles. The van der Waals surface area contributed by atoms with Gasteiger partial charge >= 0.3 is 0 Å². The highest BCUT2D eigenvalue weighted by atomic mass is 16.3. The van der Waals surface area contributed by atoms with Gasteiger partial charge in [-0.1, -0.05) is 42.5 Å². The zero-order valence-corrected chi connectivity index (χ0v) is 18.1. The number of hydrogen-bond acceptors (Lipinski definition) is 2. The molecule has 3 rings (SSSR count). The molecular weight excluding hydrogens is 344 g/mol. The van der Waals surface area contributed by atoms with Crippen LogP contribution >= 0.6 is 0 Å². The molecule has 148 valence electrons. The van der Waals surface area contributed by atoms with E-state index in [1.165, 1.54) is 27.8 Å². The smallest absolute Gasteiger partial charge is 0.121 e. The van der Waals surface area contributed by atoms with Gasteiger partial charge in [0.05, 0.1) is 0 Å². The Hall–Kier alpha value is -2.74. The highest BCUT2D eigenvalue weighted by molar-refractivity contribution is 5.45. The Morgan fingerprint density at radius 1 is 0.536 bits per heavy atom. The first kappa shape index (κ1) is 21.6. The first-order valence-electron chi connectivity index (χ1n) is 9.71. The Labute approximate surface area is 169 Å². The van der Waals surface area contributed by atoms with Crippen molar-refractivity contribution in [1.82, 2.24) is 0 Å². The standard InChI is InChI=1S/C18H22O.C8H10O/c1-11-6-13(3)17(9-12(11)2)10-16-7-14(4)18(19)15(5)8-16;1-6-4-3-5-7(2)8(6)9/h6-9,19H,10H2,1-5H3;3-5,9H,1-2H3. The van der Waals surface area contributed by atoms with E-state index in [-0.39, 0.29) is 0 Å². The lowest BCUT2D eigenvalue weighted by Crippen LogP contribution is -1.96. The fourth-order valence-corrected chi connectivity index (χ4v) is 3.38. The fourth-order valence-electron chi connectivity index (χ4n) is 3.38. The number of phenols is 2. The van der Waals surface area contributed by atoms with Gasteiger partial charge in [0.1, 0.15) is 11.5 Å². The third kappa shape index (κ3) is 5.16. The average molecular weight is 377 g/mol. The molecule has 0 atom stereocenters. The Morgan fingerprint density at radius 3 is 1.50 bits per heavy atom. The molecule has 2 nitrogen and oxygen atoms in total. The number of phenolic OH excluding ortho intramolecular Hbond substituents is 2. The molecular formula is C26H32O2. The van der Waals surface area contributed by atoms with Crippen molar-refractivity contribution in [1.29, 1.82) is 0 Å². The van der Waals surface area contributed by atoms with E-state index < -0.39 is 0 Å². The van der Waals surface area contributed by atoms with Gasteiger partial charge in [0, 0.05) is 0 Å². The molecule has 0 unspecified atom stereocenters. The molecule has 0 aliphatic rings. The van der Waals surface area contributed by atoms with Gasteiger partial charge in [-0.3, -0.25) is 0 Å². The summed E-state index contributed by atoms with van der Waals surface area (Å²) in [4.78, 5) is 0. The van der Waals surface area contributed by atoms with Gasteiger partial charge in [-0.05, 0) is 105 Å². The summed E-state index contributed by atoms with van der Waals surface area (Å²) in [5.74, 6) is 0.832. The molecule has 0 radical (unpaired) electrons. The molecule has 0 spiro atoms. The lowest BCUT2D eigenvalue weighted by atomic mass is 9.94. The first-order chi connectivity index (χ1) is 13.1. The van der Waals surface area contributed by atoms with Gasteiger partial charge in [0.25, 0.3) is 0 Å². The summed E-state index contributed by atoms with van der Waals surface area (Å²) in [6.45, 7) is 14.2. The largest absolute Gasteiger partial charge is 0.507 e. The van der Waals surface area contributed by atoms with Gasteiger partial charge in [-0.15, -0.1) is 0 Å². The van der Waals surface area contributed by atoms with Crippen LogP contribution in [0.15, 0.2) is 42.5 Å². The summed E-state index contributed by atoms with van der Waals surface area (Å²) in [5.41, 5.74) is 10.4. The zero-order valence-electron chi connectivity index (χ0n) is 18.1. The van der Waals surface area contributed by atoms with Gasteiger partial charge in [0.15, 0.2) is 0 Å². The van der Waals surface area contributed by atoms with Crippen molar-refractivity contribution in [3.8, 4) is 11.5 Å². The van der Waals surface area contributed by atoms with Crippen LogP contribution in [0, 0.1) is 48.5 Å². The predicted molar refractivity (Wildman–Crippen MR) is 119 cm³/mol. The van der Waals surface area contributed by atoms with E-state index in [9.17, 15) is 10.2 Å². The van der Waals surface area contributed by atoms with Crippen LogP contribution in [0.4, 0.5) is 0 Å². The van der Waals surface area contributed by atoms with Crippen molar-refractivity contribution in [3.05, 3.63) is 92.5 Å². The highest BCUT2D eigenvalue weighted by Gasteiger charge is 2.07. The van der Waals surface area contributed by atoms with E-state index in [0.29, 0.717) is 11.5 Å². The normalized spacial score (nSPS) is 10.4. The van der Waals surface area contributed by atoms with Gasteiger partial charge in [-0.2, -0.15) is 0 Å². The van der Waals surface area contributed by atoms with Crippen molar-refractivity contribution in [2.75, 3.05) is 0 Å².